The first-order chi connectivity index (χ1) is 13.5. The molecule has 2 atom stereocenters. The number of fused-ring (bicyclic) bond motifs is 1. The van der Waals surface area contributed by atoms with Crippen LogP contribution in [0.4, 0.5) is 11.4 Å². The maximum Gasteiger partial charge on any atom is 0.293 e. The third-order valence-electron chi connectivity index (χ3n) is 5.08. The summed E-state index contributed by atoms with van der Waals surface area (Å²) >= 11 is 1.60. The summed E-state index contributed by atoms with van der Waals surface area (Å²) in [5.74, 6) is 0.275. The molecule has 1 aromatic carbocycles. The number of rotatable bonds is 7. The molecule has 0 spiro atoms. The van der Waals surface area contributed by atoms with Crippen molar-refractivity contribution in [3.8, 4) is 0 Å². The number of amides is 2. The van der Waals surface area contributed by atoms with E-state index in [0.717, 1.165) is 18.7 Å². The van der Waals surface area contributed by atoms with E-state index in [1.54, 1.807) is 16.7 Å². The maximum absolute atomic E-state index is 12.5. The Kier molecular flexibility index (Phi) is 5.77. The second-order valence-electron chi connectivity index (χ2n) is 7.19. The third-order valence-corrected chi connectivity index (χ3v) is 7.70. The largest absolute Gasteiger partial charge is 0.378 e. The Balaban J connectivity index is 1.57. The normalized spacial score (nSPS) is 23.7. The van der Waals surface area contributed by atoms with Gasteiger partial charge in [-0.25, -0.2) is 8.42 Å². The molecule has 10 nitrogen and oxygen atoms in total. The van der Waals surface area contributed by atoms with Crippen LogP contribution >= 0.6 is 11.8 Å². The highest BCUT2D eigenvalue weighted by molar-refractivity contribution is 8.01. The second kappa shape index (κ2) is 7.82. The highest BCUT2D eigenvalue weighted by Gasteiger charge is 2.52. The summed E-state index contributed by atoms with van der Waals surface area (Å²) in [6.45, 7) is 2.37. The van der Waals surface area contributed by atoms with E-state index >= 15 is 0 Å². The molecule has 0 aromatic heterocycles. The highest BCUT2D eigenvalue weighted by atomic mass is 32.2. The Bertz CT molecular complexity index is 967. The molecule has 158 valence electrons. The van der Waals surface area contributed by atoms with Crippen molar-refractivity contribution in [1.29, 1.82) is 0 Å². The van der Waals surface area contributed by atoms with Gasteiger partial charge in [0, 0.05) is 37.6 Å². The number of nitrogens with zero attached hydrogens (tertiary/aromatic N) is 2. The SMILES string of the molecule is C[C@]12CCC(=O)N1[C@H](C(=O)NCCNc1ccc(S(C)(=O)=O)cc1[N+](=O)[O-])CS2. The second-order valence-corrected chi connectivity index (χ2v) is 10.7. The molecule has 29 heavy (non-hydrogen) atoms. The molecule has 2 amide bonds. The monoisotopic (exact) mass is 442 g/mol. The van der Waals surface area contributed by atoms with Crippen LogP contribution in [-0.4, -0.2) is 66.1 Å². The van der Waals surface area contributed by atoms with E-state index in [4.69, 9.17) is 0 Å². The molecular weight excluding hydrogens is 420 g/mol. The van der Waals surface area contributed by atoms with Gasteiger partial charge in [0.25, 0.3) is 5.69 Å². The van der Waals surface area contributed by atoms with Gasteiger partial charge in [-0.15, -0.1) is 11.8 Å². The van der Waals surface area contributed by atoms with Crippen LogP contribution in [0.1, 0.15) is 19.8 Å². The van der Waals surface area contributed by atoms with E-state index in [9.17, 15) is 28.1 Å². The number of carbonyl (C=O) groups excluding carboxylic acids is 2. The van der Waals surface area contributed by atoms with Crippen LogP contribution in [-0.2, 0) is 19.4 Å². The lowest BCUT2D eigenvalue weighted by atomic mass is 10.2. The van der Waals surface area contributed by atoms with Crippen LogP contribution in [0, 0.1) is 10.1 Å². The molecule has 2 aliphatic rings. The van der Waals surface area contributed by atoms with Crippen molar-refractivity contribution < 1.29 is 22.9 Å². The van der Waals surface area contributed by atoms with Crippen LogP contribution in [0.25, 0.3) is 0 Å². The van der Waals surface area contributed by atoms with E-state index in [2.05, 4.69) is 10.6 Å². The van der Waals surface area contributed by atoms with Gasteiger partial charge < -0.3 is 15.5 Å². The van der Waals surface area contributed by atoms with Crippen molar-refractivity contribution in [2.45, 2.75) is 35.6 Å². The van der Waals surface area contributed by atoms with Gasteiger partial charge in [-0.05, 0) is 25.5 Å². The molecule has 2 saturated heterocycles. The van der Waals surface area contributed by atoms with Gasteiger partial charge in [0.05, 0.1) is 14.7 Å². The predicted molar refractivity (Wildman–Crippen MR) is 108 cm³/mol. The fourth-order valence-electron chi connectivity index (χ4n) is 3.56. The molecule has 0 saturated carbocycles. The van der Waals surface area contributed by atoms with Crippen LogP contribution in [0.15, 0.2) is 23.1 Å². The summed E-state index contributed by atoms with van der Waals surface area (Å²) in [5, 5.41) is 16.8. The first-order valence-corrected chi connectivity index (χ1v) is 11.9. The number of anilines is 1. The van der Waals surface area contributed by atoms with Crippen molar-refractivity contribution in [2.75, 3.05) is 30.4 Å². The number of nitrogens with one attached hydrogen (secondary N) is 2. The van der Waals surface area contributed by atoms with Crippen LogP contribution in [0.5, 0.6) is 0 Å². The van der Waals surface area contributed by atoms with Crippen molar-refractivity contribution in [3.63, 3.8) is 0 Å². The number of hydrogen-bond donors (Lipinski definition) is 2. The van der Waals surface area contributed by atoms with Crippen LogP contribution in [0.3, 0.4) is 0 Å². The summed E-state index contributed by atoms with van der Waals surface area (Å²) in [5.41, 5.74) is -0.194. The molecule has 3 rings (SSSR count). The number of benzene rings is 1. The lowest BCUT2D eigenvalue weighted by Gasteiger charge is -2.29. The smallest absolute Gasteiger partial charge is 0.293 e. The molecule has 12 heteroatoms. The van der Waals surface area contributed by atoms with Gasteiger partial charge in [0.2, 0.25) is 11.8 Å². The molecule has 0 aliphatic carbocycles. The van der Waals surface area contributed by atoms with Gasteiger partial charge in [0.15, 0.2) is 9.84 Å². The average Bonchev–Trinajstić information content (AvgIpc) is 3.13. The van der Waals surface area contributed by atoms with Gasteiger partial charge in [-0.2, -0.15) is 0 Å². The highest BCUT2D eigenvalue weighted by Crippen LogP contribution is 2.47. The number of carbonyl (C=O) groups is 2. The topological polar surface area (TPSA) is 139 Å². The van der Waals surface area contributed by atoms with E-state index in [1.165, 1.54) is 12.1 Å². The summed E-state index contributed by atoms with van der Waals surface area (Å²) in [4.78, 5) is 36.4. The minimum atomic E-state index is -3.56. The third kappa shape index (κ3) is 4.32. The standard InChI is InChI=1S/C17H22N4O6S2/c1-17-6-5-15(22)20(17)14(10-28-17)16(23)19-8-7-18-12-4-3-11(29(2,26)27)9-13(12)21(24)25/h3-4,9,14,18H,5-8,10H2,1-2H3,(H,19,23)/t14-,17-/m0/s1. The number of sulfone groups is 1. The molecule has 2 heterocycles. The fraction of sp³-hybridized carbons (Fsp3) is 0.529. The zero-order valence-corrected chi connectivity index (χ0v) is 17.6. The zero-order valence-electron chi connectivity index (χ0n) is 16.0. The quantitative estimate of drug-likeness (QED) is 0.362. The number of hydrogen-bond acceptors (Lipinski definition) is 8. The summed E-state index contributed by atoms with van der Waals surface area (Å²) in [7, 11) is -3.56. The van der Waals surface area contributed by atoms with Gasteiger partial charge in [-0.3, -0.25) is 19.7 Å². The maximum atomic E-state index is 12.5. The van der Waals surface area contributed by atoms with Crippen molar-refractivity contribution in [2.24, 2.45) is 0 Å². The predicted octanol–water partition coefficient (Wildman–Crippen LogP) is 0.980. The van der Waals surface area contributed by atoms with Crippen molar-refractivity contribution in [3.05, 3.63) is 28.3 Å². The number of thioether (sulfide) groups is 1. The molecule has 2 N–H and O–H groups in total. The fourth-order valence-corrected chi connectivity index (χ4v) is 5.63. The Morgan fingerprint density at radius 1 is 1.41 bits per heavy atom. The molecule has 0 unspecified atom stereocenters. The average molecular weight is 443 g/mol. The summed E-state index contributed by atoms with van der Waals surface area (Å²) in [6, 6.07) is 3.12. The Morgan fingerprint density at radius 2 is 2.14 bits per heavy atom. The molecule has 2 fully saturated rings. The Labute approximate surface area is 172 Å². The van der Waals surface area contributed by atoms with Gasteiger partial charge >= 0.3 is 0 Å². The molecule has 0 bridgehead atoms. The first-order valence-electron chi connectivity index (χ1n) is 8.99. The van der Waals surface area contributed by atoms with Gasteiger partial charge in [-0.1, -0.05) is 0 Å². The van der Waals surface area contributed by atoms with Crippen molar-refractivity contribution >= 4 is 44.8 Å². The van der Waals surface area contributed by atoms with E-state index < -0.39 is 20.8 Å². The van der Waals surface area contributed by atoms with Crippen LogP contribution in [0.2, 0.25) is 0 Å². The lowest BCUT2D eigenvalue weighted by molar-refractivity contribution is -0.384. The van der Waals surface area contributed by atoms with Crippen LogP contribution < -0.4 is 10.6 Å². The minimum Gasteiger partial charge on any atom is -0.378 e. The zero-order chi connectivity index (χ0) is 21.4. The van der Waals surface area contributed by atoms with Gasteiger partial charge in [0.1, 0.15) is 11.7 Å². The first kappa shape index (κ1) is 21.4. The molecule has 1 aromatic rings. The molecule has 2 aliphatic heterocycles. The Morgan fingerprint density at radius 3 is 2.79 bits per heavy atom. The molecular formula is C17H22N4O6S2. The van der Waals surface area contributed by atoms with Crippen molar-refractivity contribution in [1.82, 2.24) is 10.2 Å². The minimum absolute atomic E-state index is 0.0163. The lowest BCUT2D eigenvalue weighted by Crippen LogP contribution is -2.50. The van der Waals surface area contributed by atoms with E-state index in [0.29, 0.717) is 12.2 Å². The number of nitro groups is 1. The Hall–Kier alpha value is -2.34. The number of nitro benzene ring substituents is 1. The summed E-state index contributed by atoms with van der Waals surface area (Å²) in [6.07, 6.45) is 2.16. The van der Waals surface area contributed by atoms with E-state index in [1.807, 2.05) is 6.92 Å². The van der Waals surface area contributed by atoms with E-state index in [-0.39, 0.29) is 46.0 Å². The summed E-state index contributed by atoms with van der Waals surface area (Å²) < 4.78 is 23.2. The molecule has 0 radical (unpaired) electrons.